The van der Waals surface area contributed by atoms with Gasteiger partial charge < -0.3 is 11.1 Å². The van der Waals surface area contributed by atoms with Crippen LogP contribution in [0, 0.1) is 5.92 Å². The van der Waals surface area contributed by atoms with Crippen LogP contribution in [0.25, 0.3) is 0 Å². The molecule has 1 aliphatic carbocycles. The van der Waals surface area contributed by atoms with E-state index >= 15 is 0 Å². The van der Waals surface area contributed by atoms with E-state index in [-0.39, 0.29) is 29.3 Å². The minimum atomic E-state index is -3.61. The predicted molar refractivity (Wildman–Crippen MR) is 111 cm³/mol. The van der Waals surface area contributed by atoms with Crippen LogP contribution in [0.1, 0.15) is 63.2 Å². The molecule has 0 heterocycles. The Kier molecular flexibility index (Phi) is 8.73. The number of hydrogen-bond donors (Lipinski definition) is 3. The van der Waals surface area contributed by atoms with Crippen molar-refractivity contribution in [3.8, 4) is 0 Å². The van der Waals surface area contributed by atoms with Crippen LogP contribution >= 0.6 is 12.4 Å². The normalized spacial score (nSPS) is 17.0. The third-order valence-corrected chi connectivity index (χ3v) is 6.43. The highest BCUT2D eigenvalue weighted by Crippen LogP contribution is 2.26. The average molecular weight is 418 g/mol. The Balaban J connectivity index is 0.00000364. The van der Waals surface area contributed by atoms with Gasteiger partial charge in [0.15, 0.2) is 0 Å². The van der Waals surface area contributed by atoms with Gasteiger partial charge in [-0.1, -0.05) is 19.3 Å². The molecule has 1 aliphatic rings. The number of carbonyl (C=O) groups excluding carboxylic acids is 1. The summed E-state index contributed by atoms with van der Waals surface area (Å²) in [6.07, 6.45) is 5.81. The Bertz CT molecular complexity index is 709. The molecule has 0 aromatic heterocycles. The van der Waals surface area contributed by atoms with Crippen LogP contribution in [0.15, 0.2) is 29.2 Å². The molecule has 1 unspecified atom stereocenters. The van der Waals surface area contributed by atoms with Crippen molar-refractivity contribution in [3.63, 3.8) is 0 Å². The summed E-state index contributed by atoms with van der Waals surface area (Å²) in [4.78, 5) is 12.7. The van der Waals surface area contributed by atoms with E-state index < -0.39 is 15.6 Å². The van der Waals surface area contributed by atoms with Gasteiger partial charge in [0.25, 0.3) is 5.91 Å². The Morgan fingerprint density at radius 2 is 1.70 bits per heavy atom. The fraction of sp³-hybridized carbons (Fsp3) is 0.632. The van der Waals surface area contributed by atoms with E-state index in [4.69, 9.17) is 5.73 Å². The van der Waals surface area contributed by atoms with E-state index in [1.165, 1.54) is 31.4 Å². The van der Waals surface area contributed by atoms with Crippen LogP contribution in [0.3, 0.4) is 0 Å². The Morgan fingerprint density at radius 1 is 1.15 bits per heavy atom. The van der Waals surface area contributed by atoms with Crippen molar-refractivity contribution in [2.24, 2.45) is 11.7 Å². The molecule has 1 aromatic carbocycles. The molecule has 27 heavy (non-hydrogen) atoms. The molecule has 0 bridgehead atoms. The zero-order chi connectivity index (χ0) is 19.4. The van der Waals surface area contributed by atoms with Crippen molar-refractivity contribution in [1.29, 1.82) is 0 Å². The molecule has 0 radical (unpaired) electrons. The largest absolute Gasteiger partial charge is 0.348 e. The second kappa shape index (κ2) is 9.87. The van der Waals surface area contributed by atoms with Crippen molar-refractivity contribution < 1.29 is 13.2 Å². The van der Waals surface area contributed by atoms with Gasteiger partial charge in [-0.25, -0.2) is 13.1 Å². The molecule has 1 atom stereocenters. The van der Waals surface area contributed by atoms with Crippen molar-refractivity contribution >= 4 is 28.3 Å². The van der Waals surface area contributed by atoms with Gasteiger partial charge >= 0.3 is 0 Å². The molecule has 6 nitrogen and oxygen atoms in total. The van der Waals surface area contributed by atoms with Crippen molar-refractivity contribution in [2.45, 2.75) is 69.4 Å². The predicted octanol–water partition coefficient (Wildman–Crippen LogP) is 2.82. The first kappa shape index (κ1) is 23.9. The molecule has 0 spiro atoms. The summed E-state index contributed by atoms with van der Waals surface area (Å²) < 4.78 is 27.3. The topological polar surface area (TPSA) is 101 Å². The number of rotatable bonds is 6. The maximum atomic E-state index is 12.5. The number of nitrogens with one attached hydrogen (secondary N) is 2. The Labute approximate surface area is 169 Å². The fourth-order valence-electron chi connectivity index (χ4n) is 3.40. The summed E-state index contributed by atoms with van der Waals surface area (Å²) in [6, 6.07) is 5.97. The first-order valence-electron chi connectivity index (χ1n) is 9.27. The van der Waals surface area contributed by atoms with E-state index in [0.29, 0.717) is 18.0 Å². The molecule has 1 saturated carbocycles. The molecule has 0 saturated heterocycles. The number of nitrogens with two attached hydrogens (primary N) is 1. The van der Waals surface area contributed by atoms with Crippen molar-refractivity contribution in [2.75, 3.05) is 6.54 Å². The number of sulfonamides is 1. The van der Waals surface area contributed by atoms with Crippen LogP contribution < -0.4 is 15.8 Å². The summed E-state index contributed by atoms with van der Waals surface area (Å²) in [5.74, 6) is 0.215. The fourth-order valence-corrected chi connectivity index (χ4v) is 4.82. The Hall–Kier alpha value is -1.15. The maximum absolute atomic E-state index is 12.5. The zero-order valence-corrected chi connectivity index (χ0v) is 18.0. The molecule has 0 aliphatic heterocycles. The second-order valence-corrected chi connectivity index (χ2v) is 9.78. The summed E-state index contributed by atoms with van der Waals surface area (Å²) in [5, 5.41) is 3.02. The van der Waals surface area contributed by atoms with Gasteiger partial charge in [0.05, 0.1) is 4.90 Å². The van der Waals surface area contributed by atoms with Gasteiger partial charge in [0, 0.05) is 23.7 Å². The van der Waals surface area contributed by atoms with Gasteiger partial charge in [-0.15, -0.1) is 12.4 Å². The molecule has 154 valence electrons. The monoisotopic (exact) mass is 417 g/mol. The average Bonchev–Trinajstić information content (AvgIpc) is 2.58. The minimum Gasteiger partial charge on any atom is -0.348 e. The number of amides is 1. The number of benzene rings is 1. The van der Waals surface area contributed by atoms with Crippen LogP contribution in [-0.2, 0) is 10.0 Å². The van der Waals surface area contributed by atoms with Gasteiger partial charge in [-0.3, -0.25) is 4.79 Å². The van der Waals surface area contributed by atoms with Crippen LogP contribution in [0.2, 0.25) is 0 Å². The lowest BCUT2D eigenvalue weighted by atomic mass is 9.84. The zero-order valence-electron chi connectivity index (χ0n) is 16.3. The quantitative estimate of drug-likeness (QED) is 0.662. The highest BCUT2D eigenvalue weighted by Gasteiger charge is 2.25. The van der Waals surface area contributed by atoms with Crippen molar-refractivity contribution in [3.05, 3.63) is 29.8 Å². The smallest absolute Gasteiger partial charge is 0.251 e. The lowest BCUT2D eigenvalue weighted by Crippen LogP contribution is -2.45. The SMILES string of the molecule is CC(C)(C)NS(=O)(=O)c1ccc(C(=O)NC(CN)C2CCCCC2)cc1.Cl. The van der Waals surface area contributed by atoms with E-state index in [1.54, 1.807) is 32.9 Å². The van der Waals surface area contributed by atoms with Gasteiger partial charge in [0.1, 0.15) is 0 Å². The molecule has 1 amide bonds. The lowest BCUT2D eigenvalue weighted by Gasteiger charge is -2.30. The van der Waals surface area contributed by atoms with Gasteiger partial charge in [-0.05, 0) is 63.8 Å². The van der Waals surface area contributed by atoms with Gasteiger partial charge in [0.2, 0.25) is 10.0 Å². The molecule has 4 N–H and O–H groups in total. The number of halogens is 1. The van der Waals surface area contributed by atoms with Crippen LogP contribution in [0.4, 0.5) is 0 Å². The summed E-state index contributed by atoms with van der Waals surface area (Å²) in [5.41, 5.74) is 5.74. The number of hydrogen-bond acceptors (Lipinski definition) is 4. The van der Waals surface area contributed by atoms with Crippen LogP contribution in [-0.4, -0.2) is 32.5 Å². The van der Waals surface area contributed by atoms with Gasteiger partial charge in [-0.2, -0.15) is 0 Å². The lowest BCUT2D eigenvalue weighted by molar-refractivity contribution is 0.0915. The summed E-state index contributed by atoms with van der Waals surface area (Å²) in [7, 11) is -3.61. The van der Waals surface area contributed by atoms with E-state index in [9.17, 15) is 13.2 Å². The second-order valence-electron chi connectivity index (χ2n) is 8.09. The molecule has 2 rings (SSSR count). The molecule has 1 aromatic rings. The standard InChI is InChI=1S/C19H31N3O3S.ClH/c1-19(2,3)22-26(24,25)16-11-9-15(10-12-16)18(23)21-17(13-20)14-7-5-4-6-8-14;/h9-12,14,17,22H,4-8,13,20H2,1-3H3,(H,21,23);1H. The van der Waals surface area contributed by atoms with Crippen molar-refractivity contribution in [1.82, 2.24) is 10.0 Å². The molecular formula is C19H32ClN3O3S. The first-order valence-corrected chi connectivity index (χ1v) is 10.8. The minimum absolute atomic E-state index is 0. The van der Waals surface area contributed by atoms with Crippen LogP contribution in [0.5, 0.6) is 0 Å². The third kappa shape index (κ3) is 7.07. The summed E-state index contributed by atoms with van der Waals surface area (Å²) in [6.45, 7) is 5.76. The third-order valence-electron chi connectivity index (χ3n) is 4.66. The highest BCUT2D eigenvalue weighted by molar-refractivity contribution is 7.89. The van der Waals surface area contributed by atoms with E-state index in [1.807, 2.05) is 0 Å². The first-order chi connectivity index (χ1) is 12.1. The molecule has 8 heteroatoms. The molecular weight excluding hydrogens is 386 g/mol. The number of carbonyl (C=O) groups is 1. The van der Waals surface area contributed by atoms with E-state index in [2.05, 4.69) is 10.0 Å². The maximum Gasteiger partial charge on any atom is 0.251 e. The summed E-state index contributed by atoms with van der Waals surface area (Å²) >= 11 is 0. The highest BCUT2D eigenvalue weighted by atomic mass is 35.5. The van der Waals surface area contributed by atoms with E-state index in [0.717, 1.165) is 12.8 Å². The molecule has 1 fully saturated rings. The Morgan fingerprint density at radius 3 is 2.19 bits per heavy atom.